The number of rotatable bonds is 7. The molecule has 1 saturated heterocycles. The second kappa shape index (κ2) is 7.25. The lowest BCUT2D eigenvalue weighted by Crippen LogP contribution is -2.44. The maximum absolute atomic E-state index is 12.5. The van der Waals surface area contributed by atoms with Gasteiger partial charge in [0.25, 0.3) is 5.91 Å². The lowest BCUT2D eigenvalue weighted by molar-refractivity contribution is -0.131. The van der Waals surface area contributed by atoms with Gasteiger partial charge < -0.3 is 15.2 Å². The minimum absolute atomic E-state index is 0.0137. The molecule has 1 aromatic rings. The molecule has 2 aliphatic rings. The van der Waals surface area contributed by atoms with Gasteiger partial charge in [0.05, 0.1) is 6.33 Å². The zero-order valence-electron chi connectivity index (χ0n) is 14.5. The molecule has 3 rings (SSSR count). The third kappa shape index (κ3) is 3.83. The summed E-state index contributed by atoms with van der Waals surface area (Å²) in [4.78, 5) is 41.8. The van der Waals surface area contributed by atoms with Crippen LogP contribution in [0.4, 0.5) is 4.79 Å². The molecule has 8 nitrogen and oxygen atoms in total. The van der Waals surface area contributed by atoms with Gasteiger partial charge in [-0.3, -0.25) is 14.5 Å². The fraction of sp³-hybridized carbons (Fsp3) is 0.647. The molecule has 0 radical (unpaired) electrons. The molecule has 2 N–H and O–H groups in total. The number of carbonyl (C=O) groups excluding carboxylic acids is 3. The first-order valence-corrected chi connectivity index (χ1v) is 8.89. The normalized spacial score (nSPS) is 20.1. The van der Waals surface area contributed by atoms with Crippen LogP contribution in [0, 0.1) is 0 Å². The third-order valence-electron chi connectivity index (χ3n) is 4.94. The van der Waals surface area contributed by atoms with E-state index in [0.717, 1.165) is 25.7 Å². The van der Waals surface area contributed by atoms with Crippen molar-refractivity contribution in [1.29, 1.82) is 0 Å². The Morgan fingerprint density at radius 1 is 1.40 bits per heavy atom. The van der Waals surface area contributed by atoms with Crippen LogP contribution in [0.25, 0.3) is 0 Å². The number of imide groups is 1. The summed E-state index contributed by atoms with van der Waals surface area (Å²) in [7, 11) is 0. The van der Waals surface area contributed by atoms with Crippen molar-refractivity contribution >= 4 is 17.8 Å². The van der Waals surface area contributed by atoms with Gasteiger partial charge in [-0.25, -0.2) is 9.78 Å². The Labute approximate surface area is 147 Å². The molecule has 1 spiro atoms. The van der Waals surface area contributed by atoms with Crippen LogP contribution in [0.3, 0.4) is 0 Å². The van der Waals surface area contributed by atoms with Gasteiger partial charge in [0.2, 0.25) is 5.91 Å². The molecule has 1 aliphatic carbocycles. The number of amides is 4. The standard InChI is InChI=1S/C17H25N5O3/c1-13(11-21-10-8-18-12-21)19-14(23)5-4-9-22-15(24)17(20-16(22)25)6-2-3-7-17/h8,10,12-13H,2-7,9,11H2,1H3,(H,19,23)(H,20,25). The van der Waals surface area contributed by atoms with E-state index in [1.54, 1.807) is 12.5 Å². The summed E-state index contributed by atoms with van der Waals surface area (Å²) >= 11 is 0. The fourth-order valence-electron chi connectivity index (χ4n) is 3.70. The number of imidazole rings is 1. The van der Waals surface area contributed by atoms with Gasteiger partial charge in [-0.2, -0.15) is 0 Å². The Morgan fingerprint density at radius 2 is 2.16 bits per heavy atom. The average molecular weight is 347 g/mol. The Hall–Kier alpha value is -2.38. The van der Waals surface area contributed by atoms with Crippen LogP contribution in [0.2, 0.25) is 0 Å². The molecule has 136 valence electrons. The minimum Gasteiger partial charge on any atom is -0.352 e. The lowest BCUT2D eigenvalue weighted by Gasteiger charge is -2.20. The van der Waals surface area contributed by atoms with Gasteiger partial charge in [-0.05, 0) is 26.2 Å². The maximum Gasteiger partial charge on any atom is 0.325 e. The highest BCUT2D eigenvalue weighted by molar-refractivity contribution is 6.07. The Bertz CT molecular complexity index is 637. The molecule has 25 heavy (non-hydrogen) atoms. The Morgan fingerprint density at radius 3 is 2.84 bits per heavy atom. The van der Waals surface area contributed by atoms with E-state index >= 15 is 0 Å². The molecule has 4 amide bonds. The molecule has 8 heteroatoms. The quantitative estimate of drug-likeness (QED) is 0.720. The van der Waals surface area contributed by atoms with Gasteiger partial charge in [-0.1, -0.05) is 12.8 Å². The smallest absolute Gasteiger partial charge is 0.325 e. The predicted molar refractivity (Wildman–Crippen MR) is 90.5 cm³/mol. The molecule has 2 fully saturated rings. The molecule has 2 heterocycles. The zero-order valence-corrected chi connectivity index (χ0v) is 14.5. The molecule has 1 saturated carbocycles. The molecule has 1 unspecified atom stereocenters. The van der Waals surface area contributed by atoms with Crippen LogP contribution in [-0.2, 0) is 16.1 Å². The van der Waals surface area contributed by atoms with Crippen molar-refractivity contribution in [2.45, 2.75) is 63.6 Å². The van der Waals surface area contributed by atoms with Crippen molar-refractivity contribution in [3.8, 4) is 0 Å². The number of carbonyl (C=O) groups is 3. The average Bonchev–Trinajstić information content (AvgIpc) is 3.26. The van der Waals surface area contributed by atoms with Gasteiger partial charge in [0, 0.05) is 37.9 Å². The summed E-state index contributed by atoms with van der Waals surface area (Å²) in [5.41, 5.74) is -0.668. The Balaban J connectivity index is 1.41. The summed E-state index contributed by atoms with van der Waals surface area (Å²) in [5.74, 6) is -0.195. The molecular weight excluding hydrogens is 322 g/mol. The van der Waals surface area contributed by atoms with Crippen molar-refractivity contribution in [3.63, 3.8) is 0 Å². The van der Waals surface area contributed by atoms with Crippen molar-refractivity contribution < 1.29 is 14.4 Å². The minimum atomic E-state index is -0.668. The van der Waals surface area contributed by atoms with Crippen LogP contribution in [0.15, 0.2) is 18.7 Å². The molecule has 0 aromatic carbocycles. The zero-order chi connectivity index (χ0) is 17.9. The SMILES string of the molecule is CC(Cn1ccnc1)NC(=O)CCCN1C(=O)NC2(CCCC2)C1=O. The van der Waals surface area contributed by atoms with Crippen LogP contribution in [-0.4, -0.2) is 50.4 Å². The van der Waals surface area contributed by atoms with E-state index in [9.17, 15) is 14.4 Å². The van der Waals surface area contributed by atoms with Crippen LogP contribution >= 0.6 is 0 Å². The van der Waals surface area contributed by atoms with Crippen molar-refractivity contribution in [3.05, 3.63) is 18.7 Å². The van der Waals surface area contributed by atoms with E-state index < -0.39 is 5.54 Å². The van der Waals surface area contributed by atoms with Gasteiger partial charge in [0.15, 0.2) is 0 Å². The third-order valence-corrected chi connectivity index (χ3v) is 4.94. The summed E-state index contributed by atoms with van der Waals surface area (Å²) in [6.07, 6.45) is 9.40. The van der Waals surface area contributed by atoms with Crippen molar-refractivity contribution in [2.24, 2.45) is 0 Å². The molecule has 1 aliphatic heterocycles. The maximum atomic E-state index is 12.5. The predicted octanol–water partition coefficient (Wildman–Crippen LogP) is 1.03. The monoisotopic (exact) mass is 347 g/mol. The lowest BCUT2D eigenvalue weighted by atomic mass is 9.98. The summed E-state index contributed by atoms with van der Waals surface area (Å²) in [5, 5.41) is 5.78. The first kappa shape index (κ1) is 17.4. The van der Waals surface area contributed by atoms with Gasteiger partial charge in [0.1, 0.15) is 5.54 Å². The van der Waals surface area contributed by atoms with E-state index in [0.29, 0.717) is 19.4 Å². The molecule has 0 bridgehead atoms. The summed E-state index contributed by atoms with van der Waals surface area (Å²) < 4.78 is 1.90. The molecule has 1 atom stereocenters. The van der Waals surface area contributed by atoms with E-state index in [4.69, 9.17) is 0 Å². The fourth-order valence-corrected chi connectivity index (χ4v) is 3.70. The van der Waals surface area contributed by atoms with E-state index in [2.05, 4.69) is 15.6 Å². The Kier molecular flexibility index (Phi) is 5.06. The van der Waals surface area contributed by atoms with E-state index in [-0.39, 0.29) is 30.4 Å². The summed E-state index contributed by atoms with van der Waals surface area (Å²) in [6.45, 7) is 2.87. The number of hydrogen-bond donors (Lipinski definition) is 2. The first-order valence-electron chi connectivity index (χ1n) is 8.89. The van der Waals surface area contributed by atoms with Crippen LogP contribution in [0.5, 0.6) is 0 Å². The van der Waals surface area contributed by atoms with Gasteiger partial charge in [-0.15, -0.1) is 0 Å². The van der Waals surface area contributed by atoms with Gasteiger partial charge >= 0.3 is 6.03 Å². The first-order chi connectivity index (χ1) is 12.0. The number of nitrogens with zero attached hydrogens (tertiary/aromatic N) is 3. The summed E-state index contributed by atoms with van der Waals surface area (Å²) in [6, 6.07) is -0.332. The van der Waals surface area contributed by atoms with Crippen molar-refractivity contribution in [1.82, 2.24) is 25.1 Å². The number of nitrogens with one attached hydrogen (secondary N) is 2. The second-order valence-electron chi connectivity index (χ2n) is 7.01. The van der Waals surface area contributed by atoms with Crippen molar-refractivity contribution in [2.75, 3.05) is 6.54 Å². The number of aromatic nitrogens is 2. The highest BCUT2D eigenvalue weighted by Gasteiger charge is 2.51. The highest BCUT2D eigenvalue weighted by Crippen LogP contribution is 2.35. The number of urea groups is 1. The van der Waals surface area contributed by atoms with Crippen LogP contribution < -0.4 is 10.6 Å². The highest BCUT2D eigenvalue weighted by atomic mass is 16.2. The van der Waals surface area contributed by atoms with E-state index in [1.165, 1.54) is 4.90 Å². The topological polar surface area (TPSA) is 96.3 Å². The number of hydrogen-bond acceptors (Lipinski definition) is 4. The molecular formula is C17H25N5O3. The van der Waals surface area contributed by atoms with E-state index in [1.807, 2.05) is 17.7 Å². The second-order valence-corrected chi connectivity index (χ2v) is 7.01. The van der Waals surface area contributed by atoms with Crippen LogP contribution in [0.1, 0.15) is 45.4 Å². The largest absolute Gasteiger partial charge is 0.352 e. The molecule has 1 aromatic heterocycles.